The fourth-order valence-electron chi connectivity index (χ4n) is 1.92. The Balaban J connectivity index is 1.94. The molecule has 0 bridgehead atoms. The standard InChI is InChI=1S/C14H13N5O3/c1-10-7-13(19(21)22)17-18(10)6-5-16-14(20)12-4-2-3-11(8-12)9-15/h2-4,7-8H,5-6H2,1H3,(H,16,20). The van der Waals surface area contributed by atoms with Gasteiger partial charge in [0.2, 0.25) is 0 Å². The van der Waals surface area contributed by atoms with Crippen LogP contribution in [0.2, 0.25) is 0 Å². The molecule has 0 aliphatic carbocycles. The van der Waals surface area contributed by atoms with Crippen LogP contribution < -0.4 is 5.32 Å². The van der Waals surface area contributed by atoms with Gasteiger partial charge in [0.05, 0.1) is 35.0 Å². The molecule has 1 amide bonds. The van der Waals surface area contributed by atoms with Crippen LogP contribution >= 0.6 is 0 Å². The van der Waals surface area contributed by atoms with E-state index in [-0.39, 0.29) is 18.3 Å². The highest BCUT2D eigenvalue weighted by Crippen LogP contribution is 2.10. The minimum atomic E-state index is -0.560. The van der Waals surface area contributed by atoms with Crippen molar-refractivity contribution in [1.82, 2.24) is 15.1 Å². The van der Waals surface area contributed by atoms with Gasteiger partial charge in [0.1, 0.15) is 0 Å². The number of amides is 1. The molecule has 2 rings (SSSR count). The Labute approximate surface area is 126 Å². The summed E-state index contributed by atoms with van der Waals surface area (Å²) in [7, 11) is 0. The summed E-state index contributed by atoms with van der Waals surface area (Å²) in [6.07, 6.45) is 0. The van der Waals surface area contributed by atoms with Gasteiger partial charge < -0.3 is 15.4 Å². The summed E-state index contributed by atoms with van der Waals surface area (Å²) in [5.74, 6) is -0.526. The SMILES string of the molecule is Cc1cc([N+](=O)[O-])nn1CCNC(=O)c1cccc(C#N)c1. The number of aromatic nitrogens is 2. The highest BCUT2D eigenvalue weighted by atomic mass is 16.6. The van der Waals surface area contributed by atoms with E-state index in [1.165, 1.54) is 16.8 Å². The van der Waals surface area contributed by atoms with E-state index in [0.29, 0.717) is 23.4 Å². The van der Waals surface area contributed by atoms with Crippen LogP contribution in [-0.4, -0.2) is 27.2 Å². The van der Waals surface area contributed by atoms with E-state index in [9.17, 15) is 14.9 Å². The van der Waals surface area contributed by atoms with E-state index in [1.54, 1.807) is 25.1 Å². The lowest BCUT2D eigenvalue weighted by molar-refractivity contribution is -0.389. The molecule has 1 N–H and O–H groups in total. The number of nitro groups is 1. The van der Waals surface area contributed by atoms with Crippen LogP contribution in [0.1, 0.15) is 21.6 Å². The molecule has 1 aromatic carbocycles. The van der Waals surface area contributed by atoms with Gasteiger partial charge in [-0.1, -0.05) is 6.07 Å². The quantitative estimate of drug-likeness (QED) is 0.662. The monoisotopic (exact) mass is 299 g/mol. The number of nitrogens with zero attached hydrogens (tertiary/aromatic N) is 4. The van der Waals surface area contributed by atoms with Gasteiger partial charge in [-0.15, -0.1) is 0 Å². The van der Waals surface area contributed by atoms with Gasteiger partial charge >= 0.3 is 5.82 Å². The fraction of sp³-hybridized carbons (Fsp3) is 0.214. The van der Waals surface area contributed by atoms with E-state index in [2.05, 4.69) is 10.4 Å². The van der Waals surface area contributed by atoms with Crippen molar-refractivity contribution in [3.63, 3.8) is 0 Å². The summed E-state index contributed by atoms with van der Waals surface area (Å²) in [5, 5.41) is 25.9. The zero-order chi connectivity index (χ0) is 16.1. The molecule has 1 aromatic heterocycles. The van der Waals surface area contributed by atoms with Crippen LogP contribution in [-0.2, 0) is 6.54 Å². The molecule has 0 unspecified atom stereocenters. The Hall–Kier alpha value is -3.21. The lowest BCUT2D eigenvalue weighted by Crippen LogP contribution is -2.27. The van der Waals surface area contributed by atoms with E-state index in [0.717, 1.165) is 0 Å². The molecule has 0 fully saturated rings. The molecule has 0 spiro atoms. The first-order chi connectivity index (χ1) is 10.5. The molecular formula is C14H13N5O3. The van der Waals surface area contributed by atoms with Crippen molar-refractivity contribution in [1.29, 1.82) is 5.26 Å². The van der Waals surface area contributed by atoms with Crippen molar-refractivity contribution in [2.24, 2.45) is 0 Å². The second-order valence-electron chi connectivity index (χ2n) is 4.57. The number of rotatable bonds is 5. The second-order valence-corrected chi connectivity index (χ2v) is 4.57. The van der Waals surface area contributed by atoms with Crippen LogP contribution in [0.3, 0.4) is 0 Å². The highest BCUT2D eigenvalue weighted by molar-refractivity contribution is 5.94. The van der Waals surface area contributed by atoms with Crippen molar-refractivity contribution >= 4 is 11.7 Å². The Kier molecular flexibility index (Phi) is 4.48. The third-order valence-corrected chi connectivity index (χ3v) is 3.02. The van der Waals surface area contributed by atoms with Gasteiger partial charge in [-0.05, 0) is 30.0 Å². The number of nitrogens with one attached hydrogen (secondary N) is 1. The van der Waals surface area contributed by atoms with Gasteiger partial charge in [-0.3, -0.25) is 4.79 Å². The molecule has 0 saturated heterocycles. The molecule has 112 valence electrons. The number of aryl methyl sites for hydroxylation is 1. The summed E-state index contributed by atoms with van der Waals surface area (Å²) in [6, 6.07) is 9.70. The number of hydrogen-bond acceptors (Lipinski definition) is 5. The van der Waals surface area contributed by atoms with Gasteiger partial charge in [-0.2, -0.15) is 9.94 Å². The van der Waals surface area contributed by atoms with Crippen LogP contribution in [0.5, 0.6) is 0 Å². The van der Waals surface area contributed by atoms with E-state index in [1.807, 2.05) is 6.07 Å². The van der Waals surface area contributed by atoms with Crippen LogP contribution in [0.15, 0.2) is 30.3 Å². The number of benzene rings is 1. The first kappa shape index (κ1) is 15.2. The summed E-state index contributed by atoms with van der Waals surface area (Å²) >= 11 is 0. The molecule has 22 heavy (non-hydrogen) atoms. The third-order valence-electron chi connectivity index (χ3n) is 3.02. The zero-order valence-electron chi connectivity index (χ0n) is 11.8. The van der Waals surface area contributed by atoms with E-state index in [4.69, 9.17) is 5.26 Å². The molecule has 8 nitrogen and oxygen atoms in total. The number of carbonyl (C=O) groups excluding carboxylic acids is 1. The molecule has 2 aromatic rings. The Morgan fingerprint density at radius 2 is 2.27 bits per heavy atom. The van der Waals surface area contributed by atoms with E-state index >= 15 is 0 Å². The van der Waals surface area contributed by atoms with Crippen molar-refractivity contribution in [2.45, 2.75) is 13.5 Å². The molecule has 0 atom stereocenters. The number of hydrogen-bond donors (Lipinski definition) is 1. The second kappa shape index (κ2) is 6.49. The maximum Gasteiger partial charge on any atom is 0.390 e. The maximum atomic E-state index is 11.9. The Morgan fingerprint density at radius 3 is 2.91 bits per heavy atom. The molecule has 0 aliphatic heterocycles. The van der Waals surface area contributed by atoms with Gasteiger partial charge in [0, 0.05) is 12.1 Å². The highest BCUT2D eigenvalue weighted by Gasteiger charge is 2.15. The Bertz CT molecular complexity index is 760. The number of carbonyl (C=O) groups is 1. The molecule has 0 aliphatic rings. The largest absolute Gasteiger partial charge is 0.390 e. The topological polar surface area (TPSA) is 114 Å². The van der Waals surface area contributed by atoms with Crippen LogP contribution in [0, 0.1) is 28.4 Å². The zero-order valence-corrected chi connectivity index (χ0v) is 11.8. The molecule has 0 radical (unpaired) electrons. The summed E-state index contributed by atoms with van der Waals surface area (Å²) in [4.78, 5) is 22.0. The first-order valence-electron chi connectivity index (χ1n) is 6.48. The van der Waals surface area contributed by atoms with Crippen molar-refractivity contribution < 1.29 is 9.72 Å². The Morgan fingerprint density at radius 1 is 1.50 bits per heavy atom. The molecular weight excluding hydrogens is 286 g/mol. The summed E-state index contributed by atoms with van der Waals surface area (Å²) in [5.41, 5.74) is 1.45. The number of nitriles is 1. The van der Waals surface area contributed by atoms with Gasteiger partial charge in [0.25, 0.3) is 5.91 Å². The smallest absolute Gasteiger partial charge is 0.358 e. The summed E-state index contributed by atoms with van der Waals surface area (Å²) in [6.45, 7) is 2.30. The average Bonchev–Trinajstić information content (AvgIpc) is 2.89. The van der Waals surface area contributed by atoms with Crippen LogP contribution in [0.25, 0.3) is 0 Å². The lowest BCUT2D eigenvalue weighted by Gasteiger charge is -2.05. The van der Waals surface area contributed by atoms with Crippen molar-refractivity contribution in [3.8, 4) is 6.07 Å². The fourth-order valence-corrected chi connectivity index (χ4v) is 1.92. The third kappa shape index (κ3) is 3.46. The van der Waals surface area contributed by atoms with Gasteiger partial charge in [0.15, 0.2) is 0 Å². The normalized spacial score (nSPS) is 10.0. The molecule has 0 saturated carbocycles. The first-order valence-corrected chi connectivity index (χ1v) is 6.48. The minimum absolute atomic E-state index is 0.217. The van der Waals surface area contributed by atoms with Gasteiger partial charge in [-0.25, -0.2) is 0 Å². The minimum Gasteiger partial charge on any atom is -0.358 e. The van der Waals surface area contributed by atoms with Crippen molar-refractivity contribution in [3.05, 3.63) is 57.3 Å². The predicted octanol–water partition coefficient (Wildman–Crippen LogP) is 1.40. The maximum absolute atomic E-state index is 11.9. The summed E-state index contributed by atoms with van der Waals surface area (Å²) < 4.78 is 1.46. The molecule has 1 heterocycles. The predicted molar refractivity (Wildman–Crippen MR) is 77.1 cm³/mol. The molecule has 8 heteroatoms. The van der Waals surface area contributed by atoms with Crippen LogP contribution in [0.4, 0.5) is 5.82 Å². The van der Waals surface area contributed by atoms with Crippen molar-refractivity contribution in [2.75, 3.05) is 6.54 Å². The lowest BCUT2D eigenvalue weighted by atomic mass is 10.1. The average molecular weight is 299 g/mol. The van der Waals surface area contributed by atoms with E-state index < -0.39 is 4.92 Å².